The Morgan fingerprint density at radius 2 is 2.15 bits per heavy atom. The van der Waals surface area contributed by atoms with Crippen molar-refractivity contribution < 1.29 is 14.7 Å². The highest BCUT2D eigenvalue weighted by atomic mass is 79.9. The number of carboxylic acids is 1. The minimum Gasteiger partial charge on any atom is -0.480 e. The first kappa shape index (κ1) is 16.5. The molecule has 0 aliphatic heterocycles. The van der Waals surface area contributed by atoms with Crippen LogP contribution in [0, 0.1) is 0 Å². The van der Waals surface area contributed by atoms with E-state index in [1.54, 1.807) is 0 Å². The second-order valence-electron chi connectivity index (χ2n) is 4.49. The summed E-state index contributed by atoms with van der Waals surface area (Å²) in [7, 11) is 0. The highest BCUT2D eigenvalue weighted by Gasteiger charge is 2.18. The normalized spacial score (nSPS) is 11.7. The predicted octanol–water partition coefficient (Wildman–Crippen LogP) is 2.89. The molecule has 0 fully saturated rings. The number of carbonyl (C=O) groups is 2. The molecular formula is C14H19BrN2O3. The zero-order chi connectivity index (χ0) is 15.0. The molecule has 110 valence electrons. The molecule has 1 aromatic carbocycles. The molecule has 1 rings (SSSR count). The Morgan fingerprint density at radius 3 is 2.75 bits per heavy atom. The van der Waals surface area contributed by atoms with Crippen LogP contribution in [0.15, 0.2) is 28.7 Å². The molecule has 0 aromatic heterocycles. The molecule has 0 radical (unpaired) electrons. The average Bonchev–Trinajstić information content (AvgIpc) is 2.41. The monoisotopic (exact) mass is 342 g/mol. The minimum atomic E-state index is -1.00. The summed E-state index contributed by atoms with van der Waals surface area (Å²) in [6, 6.07) is 6.25. The number of benzene rings is 1. The van der Waals surface area contributed by atoms with E-state index in [0.717, 1.165) is 22.9 Å². The molecule has 1 unspecified atom stereocenters. The van der Waals surface area contributed by atoms with Crippen molar-refractivity contribution in [3.8, 4) is 0 Å². The maximum atomic E-state index is 11.7. The molecule has 0 aliphatic carbocycles. The van der Waals surface area contributed by atoms with E-state index < -0.39 is 18.0 Å². The van der Waals surface area contributed by atoms with Crippen LogP contribution in [0.5, 0.6) is 0 Å². The standard InChI is InChI=1S/C14H19BrN2O3/c1-2-3-7-12(13(18)19)17-14(20)16-9-10-5-4-6-11(15)8-10/h4-6,8,12H,2-3,7,9H2,1H3,(H,18,19)(H2,16,17,20). The third-order valence-electron chi connectivity index (χ3n) is 2.79. The zero-order valence-corrected chi connectivity index (χ0v) is 12.9. The van der Waals surface area contributed by atoms with E-state index in [4.69, 9.17) is 5.11 Å². The number of nitrogens with one attached hydrogen (secondary N) is 2. The molecule has 0 bridgehead atoms. The Labute approximate surface area is 126 Å². The number of halogens is 1. The van der Waals surface area contributed by atoms with Gasteiger partial charge in [0.05, 0.1) is 0 Å². The summed E-state index contributed by atoms with van der Waals surface area (Å²) in [6.45, 7) is 2.33. The van der Waals surface area contributed by atoms with Crippen molar-refractivity contribution >= 4 is 27.9 Å². The van der Waals surface area contributed by atoms with Crippen molar-refractivity contribution in [2.45, 2.75) is 38.8 Å². The lowest BCUT2D eigenvalue weighted by atomic mass is 10.1. The number of carbonyl (C=O) groups excluding carboxylic acids is 1. The molecule has 0 saturated carbocycles. The van der Waals surface area contributed by atoms with Gasteiger partial charge >= 0.3 is 12.0 Å². The maximum Gasteiger partial charge on any atom is 0.326 e. The number of carboxylic acid groups (broad SMARTS) is 1. The van der Waals surface area contributed by atoms with Crippen LogP contribution in [0.3, 0.4) is 0 Å². The van der Waals surface area contributed by atoms with Crippen LogP contribution >= 0.6 is 15.9 Å². The first-order valence-corrected chi connectivity index (χ1v) is 7.34. The van der Waals surface area contributed by atoms with Gasteiger partial charge in [-0.25, -0.2) is 9.59 Å². The van der Waals surface area contributed by atoms with E-state index in [0.29, 0.717) is 13.0 Å². The molecule has 3 N–H and O–H groups in total. The number of aliphatic carboxylic acids is 1. The second-order valence-corrected chi connectivity index (χ2v) is 5.41. The smallest absolute Gasteiger partial charge is 0.326 e. The van der Waals surface area contributed by atoms with E-state index >= 15 is 0 Å². The molecule has 1 atom stereocenters. The first-order chi connectivity index (χ1) is 9.52. The lowest BCUT2D eigenvalue weighted by Gasteiger charge is -2.14. The summed E-state index contributed by atoms with van der Waals surface area (Å²) in [5, 5.41) is 14.2. The SMILES string of the molecule is CCCCC(NC(=O)NCc1cccc(Br)c1)C(=O)O. The minimum absolute atomic E-state index is 0.353. The number of urea groups is 1. The summed E-state index contributed by atoms with van der Waals surface area (Å²) in [5.41, 5.74) is 0.940. The molecule has 0 heterocycles. The van der Waals surface area contributed by atoms with Gasteiger partial charge in [0.2, 0.25) is 0 Å². The van der Waals surface area contributed by atoms with Crippen LogP contribution < -0.4 is 10.6 Å². The second kappa shape index (κ2) is 8.58. The van der Waals surface area contributed by atoms with Gasteiger partial charge in [0.25, 0.3) is 0 Å². The molecule has 1 aromatic rings. The zero-order valence-electron chi connectivity index (χ0n) is 11.4. The number of hydrogen-bond donors (Lipinski definition) is 3. The van der Waals surface area contributed by atoms with Crippen molar-refractivity contribution in [2.24, 2.45) is 0 Å². The summed E-state index contributed by atoms with van der Waals surface area (Å²) in [5.74, 6) is -1.00. The summed E-state index contributed by atoms with van der Waals surface area (Å²) in [6.07, 6.45) is 2.10. The Hall–Kier alpha value is -1.56. The Bertz CT molecular complexity index is 465. The maximum absolute atomic E-state index is 11.7. The van der Waals surface area contributed by atoms with Gasteiger partial charge in [-0.2, -0.15) is 0 Å². The quantitative estimate of drug-likeness (QED) is 0.712. The molecule has 2 amide bonds. The average molecular weight is 343 g/mol. The first-order valence-electron chi connectivity index (χ1n) is 6.54. The van der Waals surface area contributed by atoms with Gasteiger partial charge in [-0.3, -0.25) is 0 Å². The van der Waals surface area contributed by atoms with E-state index in [-0.39, 0.29) is 0 Å². The summed E-state index contributed by atoms with van der Waals surface area (Å²) < 4.78 is 0.934. The topological polar surface area (TPSA) is 78.4 Å². The van der Waals surface area contributed by atoms with Crippen molar-refractivity contribution in [1.29, 1.82) is 0 Å². The van der Waals surface area contributed by atoms with Crippen LogP contribution in [-0.2, 0) is 11.3 Å². The van der Waals surface area contributed by atoms with Gasteiger partial charge in [0, 0.05) is 11.0 Å². The van der Waals surface area contributed by atoms with Gasteiger partial charge in [-0.15, -0.1) is 0 Å². The number of hydrogen-bond acceptors (Lipinski definition) is 2. The molecule has 20 heavy (non-hydrogen) atoms. The lowest BCUT2D eigenvalue weighted by molar-refractivity contribution is -0.139. The van der Waals surface area contributed by atoms with Gasteiger partial charge in [0.1, 0.15) is 6.04 Å². The van der Waals surface area contributed by atoms with Crippen LogP contribution in [0.4, 0.5) is 4.79 Å². The van der Waals surface area contributed by atoms with Crippen molar-refractivity contribution in [2.75, 3.05) is 0 Å². The molecule has 6 heteroatoms. The van der Waals surface area contributed by atoms with Crippen molar-refractivity contribution in [1.82, 2.24) is 10.6 Å². The van der Waals surface area contributed by atoms with Gasteiger partial charge in [-0.1, -0.05) is 47.8 Å². The summed E-state index contributed by atoms with van der Waals surface area (Å²) in [4.78, 5) is 22.7. The fraction of sp³-hybridized carbons (Fsp3) is 0.429. The van der Waals surface area contributed by atoms with Crippen molar-refractivity contribution in [3.05, 3.63) is 34.3 Å². The fourth-order valence-electron chi connectivity index (χ4n) is 1.70. The van der Waals surface area contributed by atoms with Crippen molar-refractivity contribution in [3.63, 3.8) is 0 Å². The number of amides is 2. The fourth-order valence-corrected chi connectivity index (χ4v) is 2.15. The Balaban J connectivity index is 2.43. The van der Waals surface area contributed by atoms with Gasteiger partial charge < -0.3 is 15.7 Å². The highest BCUT2D eigenvalue weighted by Crippen LogP contribution is 2.11. The molecule has 0 spiro atoms. The Morgan fingerprint density at radius 1 is 1.40 bits per heavy atom. The predicted molar refractivity (Wildman–Crippen MR) is 80.5 cm³/mol. The molecule has 0 aliphatic rings. The van der Waals surface area contributed by atoms with Gasteiger partial charge in [-0.05, 0) is 24.1 Å². The molecule has 0 saturated heterocycles. The van der Waals surface area contributed by atoms with E-state index in [9.17, 15) is 9.59 Å². The molecule has 5 nitrogen and oxygen atoms in total. The van der Waals surface area contributed by atoms with E-state index in [2.05, 4.69) is 26.6 Å². The summed E-state index contributed by atoms with van der Waals surface area (Å²) >= 11 is 3.35. The van der Waals surface area contributed by atoms with E-state index in [1.165, 1.54) is 0 Å². The van der Waals surface area contributed by atoms with Crippen LogP contribution in [0.2, 0.25) is 0 Å². The van der Waals surface area contributed by atoms with Crippen LogP contribution in [-0.4, -0.2) is 23.1 Å². The highest BCUT2D eigenvalue weighted by molar-refractivity contribution is 9.10. The number of rotatable bonds is 7. The third-order valence-corrected chi connectivity index (χ3v) is 3.29. The van der Waals surface area contributed by atoms with E-state index in [1.807, 2.05) is 31.2 Å². The number of unbranched alkanes of at least 4 members (excludes halogenated alkanes) is 1. The Kier molecular flexibility index (Phi) is 7.08. The third kappa shape index (κ3) is 6.06. The molecular weight excluding hydrogens is 324 g/mol. The van der Waals surface area contributed by atoms with Gasteiger partial charge in [0.15, 0.2) is 0 Å². The largest absolute Gasteiger partial charge is 0.480 e. The van der Waals surface area contributed by atoms with Crippen LogP contribution in [0.25, 0.3) is 0 Å². The lowest BCUT2D eigenvalue weighted by Crippen LogP contribution is -2.45. The van der Waals surface area contributed by atoms with Crippen LogP contribution in [0.1, 0.15) is 31.7 Å².